The Hall–Kier alpha value is -1.39. The number of aromatic nitrogens is 3. The van der Waals surface area contributed by atoms with Gasteiger partial charge in [-0.1, -0.05) is 30.7 Å². The van der Waals surface area contributed by atoms with Gasteiger partial charge in [0.2, 0.25) is 0 Å². The first-order valence-corrected chi connectivity index (χ1v) is 5.85. The van der Waals surface area contributed by atoms with E-state index in [0.29, 0.717) is 6.61 Å². The van der Waals surface area contributed by atoms with Gasteiger partial charge >= 0.3 is 0 Å². The van der Waals surface area contributed by atoms with Crippen molar-refractivity contribution in [3.8, 4) is 0 Å². The quantitative estimate of drug-likeness (QED) is 0.851. The van der Waals surface area contributed by atoms with Crippen molar-refractivity contribution in [2.24, 2.45) is 0 Å². The molecule has 17 heavy (non-hydrogen) atoms. The Bertz CT molecular complexity index is 505. The molecule has 0 amide bonds. The molecule has 88 valence electrons. The summed E-state index contributed by atoms with van der Waals surface area (Å²) in [5, 5.41) is 7.51. The average molecular weight is 250 g/mol. The van der Waals surface area contributed by atoms with Crippen molar-refractivity contribution in [1.29, 1.82) is 0 Å². The molecule has 2 aromatic rings. The topological polar surface area (TPSA) is 54.1 Å². The molecule has 1 aromatic carbocycles. The third-order valence-electron chi connectivity index (χ3n) is 3.34. The first-order chi connectivity index (χ1) is 8.22. The number of halogens is 1. The monoisotopic (exact) mass is 249 g/mol. The van der Waals surface area contributed by atoms with Crippen LogP contribution in [-0.4, -0.2) is 21.8 Å². The molecule has 1 fully saturated rings. The van der Waals surface area contributed by atoms with Gasteiger partial charge in [-0.3, -0.25) is 5.10 Å². The molecule has 1 N–H and O–H groups in total. The van der Waals surface area contributed by atoms with Crippen LogP contribution in [0.2, 0.25) is 5.02 Å². The number of hydrogen-bond acceptors (Lipinski definition) is 3. The highest BCUT2D eigenvalue weighted by atomic mass is 35.5. The lowest BCUT2D eigenvalue weighted by Crippen LogP contribution is -2.19. The maximum absolute atomic E-state index is 5.89. The van der Waals surface area contributed by atoms with Crippen molar-refractivity contribution >= 4 is 11.6 Å². The lowest BCUT2D eigenvalue weighted by molar-refractivity contribution is 0.262. The molecule has 1 saturated heterocycles. The van der Waals surface area contributed by atoms with Crippen molar-refractivity contribution in [2.75, 3.05) is 6.61 Å². The van der Waals surface area contributed by atoms with E-state index in [2.05, 4.69) is 22.1 Å². The Morgan fingerprint density at radius 2 is 2.12 bits per heavy atom. The van der Waals surface area contributed by atoms with Gasteiger partial charge in [0.25, 0.3) is 0 Å². The number of epoxide rings is 1. The number of benzene rings is 1. The van der Waals surface area contributed by atoms with Gasteiger partial charge in [-0.25, -0.2) is 4.98 Å². The van der Waals surface area contributed by atoms with E-state index < -0.39 is 0 Å². The summed E-state index contributed by atoms with van der Waals surface area (Å²) < 4.78 is 5.62. The number of nitrogens with zero attached hydrogens (tertiary/aromatic N) is 2. The Balaban J connectivity index is 1.92. The minimum Gasteiger partial charge on any atom is -0.360 e. The summed E-state index contributed by atoms with van der Waals surface area (Å²) in [5.74, 6) is 1.01. The number of ether oxygens (including phenoxy) is 1. The fourth-order valence-electron chi connectivity index (χ4n) is 2.10. The van der Waals surface area contributed by atoms with Crippen LogP contribution in [0, 0.1) is 0 Å². The molecule has 2 heterocycles. The number of aromatic amines is 1. The molecule has 0 radical (unpaired) electrons. The number of rotatable bonds is 3. The zero-order chi connectivity index (χ0) is 11.9. The van der Waals surface area contributed by atoms with Crippen molar-refractivity contribution in [1.82, 2.24) is 15.2 Å². The highest BCUT2D eigenvalue weighted by Crippen LogP contribution is 2.48. The molecule has 0 bridgehead atoms. The van der Waals surface area contributed by atoms with Crippen molar-refractivity contribution < 1.29 is 4.74 Å². The van der Waals surface area contributed by atoms with E-state index in [-0.39, 0.29) is 11.5 Å². The van der Waals surface area contributed by atoms with E-state index in [1.54, 1.807) is 0 Å². The second-order valence-electron chi connectivity index (χ2n) is 4.29. The SMILES string of the molecule is CC(c1ccc(Cl)cc1)C1(c2ncn[nH]2)CO1. The second-order valence-corrected chi connectivity index (χ2v) is 4.72. The Kier molecular flexibility index (Phi) is 2.42. The van der Waals surface area contributed by atoms with E-state index >= 15 is 0 Å². The summed E-state index contributed by atoms with van der Waals surface area (Å²) in [5.41, 5.74) is 0.841. The summed E-state index contributed by atoms with van der Waals surface area (Å²) in [4.78, 5) is 4.20. The minimum atomic E-state index is -0.343. The third kappa shape index (κ3) is 1.73. The predicted molar refractivity (Wildman–Crippen MR) is 63.9 cm³/mol. The van der Waals surface area contributed by atoms with Gasteiger partial charge in [0, 0.05) is 10.9 Å². The zero-order valence-corrected chi connectivity index (χ0v) is 10.1. The summed E-state index contributed by atoms with van der Waals surface area (Å²) in [6.45, 7) is 2.80. The van der Waals surface area contributed by atoms with Gasteiger partial charge in [-0.05, 0) is 17.7 Å². The van der Waals surface area contributed by atoms with Crippen LogP contribution in [-0.2, 0) is 10.3 Å². The van der Waals surface area contributed by atoms with Crippen LogP contribution in [0.5, 0.6) is 0 Å². The first kappa shape index (κ1) is 10.7. The van der Waals surface area contributed by atoms with Crippen LogP contribution >= 0.6 is 11.6 Å². The first-order valence-electron chi connectivity index (χ1n) is 5.48. The van der Waals surface area contributed by atoms with E-state index in [9.17, 15) is 0 Å². The fourth-order valence-corrected chi connectivity index (χ4v) is 2.23. The van der Waals surface area contributed by atoms with Crippen molar-refractivity contribution in [2.45, 2.75) is 18.4 Å². The average Bonchev–Trinajstić information content (AvgIpc) is 2.97. The Labute approximate surface area is 104 Å². The molecule has 2 unspecified atom stereocenters. The summed E-state index contributed by atoms with van der Waals surface area (Å²) in [6, 6.07) is 7.83. The molecule has 5 heteroatoms. The molecular formula is C12H12ClN3O. The molecule has 4 nitrogen and oxygen atoms in total. The predicted octanol–water partition coefficient (Wildman–Crippen LogP) is 2.49. The van der Waals surface area contributed by atoms with Crippen molar-refractivity contribution in [3.63, 3.8) is 0 Å². The highest BCUT2D eigenvalue weighted by Gasteiger charge is 2.54. The molecule has 1 aromatic heterocycles. The lowest BCUT2D eigenvalue weighted by Gasteiger charge is -2.18. The van der Waals surface area contributed by atoms with Crippen LogP contribution in [0.1, 0.15) is 24.2 Å². The van der Waals surface area contributed by atoms with E-state index in [0.717, 1.165) is 10.8 Å². The van der Waals surface area contributed by atoms with Crippen LogP contribution in [0.15, 0.2) is 30.6 Å². The van der Waals surface area contributed by atoms with Crippen LogP contribution in [0.4, 0.5) is 0 Å². The van der Waals surface area contributed by atoms with Gasteiger partial charge in [-0.15, -0.1) is 0 Å². The van der Waals surface area contributed by atoms with Gasteiger partial charge in [0.1, 0.15) is 6.33 Å². The molecule has 0 saturated carbocycles. The molecule has 1 aliphatic rings. The van der Waals surface area contributed by atoms with Gasteiger partial charge in [0.15, 0.2) is 11.4 Å². The maximum Gasteiger partial charge on any atom is 0.159 e. The second kappa shape index (κ2) is 3.82. The molecule has 0 spiro atoms. The van der Waals surface area contributed by atoms with Crippen molar-refractivity contribution in [3.05, 3.63) is 47.0 Å². The van der Waals surface area contributed by atoms with E-state index in [1.165, 1.54) is 11.9 Å². The molecule has 1 aliphatic heterocycles. The zero-order valence-electron chi connectivity index (χ0n) is 9.35. The Morgan fingerprint density at radius 1 is 1.41 bits per heavy atom. The maximum atomic E-state index is 5.89. The fraction of sp³-hybridized carbons (Fsp3) is 0.333. The molecular weight excluding hydrogens is 238 g/mol. The van der Waals surface area contributed by atoms with Crippen LogP contribution < -0.4 is 0 Å². The number of H-pyrrole nitrogens is 1. The van der Waals surface area contributed by atoms with Gasteiger partial charge in [-0.2, -0.15) is 5.10 Å². The van der Waals surface area contributed by atoms with Crippen LogP contribution in [0.25, 0.3) is 0 Å². The minimum absolute atomic E-state index is 0.215. The van der Waals surface area contributed by atoms with E-state index in [4.69, 9.17) is 16.3 Å². The molecule has 2 atom stereocenters. The largest absolute Gasteiger partial charge is 0.360 e. The van der Waals surface area contributed by atoms with Gasteiger partial charge < -0.3 is 4.74 Å². The standard InChI is InChI=1S/C12H12ClN3O/c1-8(9-2-4-10(13)5-3-9)12(6-17-12)11-14-7-15-16-11/h2-5,7-8H,6H2,1H3,(H,14,15,16). The highest BCUT2D eigenvalue weighted by molar-refractivity contribution is 6.30. The number of nitrogens with one attached hydrogen (secondary N) is 1. The summed E-state index contributed by atoms with van der Waals surface area (Å²) in [6.07, 6.45) is 1.51. The molecule has 0 aliphatic carbocycles. The summed E-state index contributed by atoms with van der Waals surface area (Å²) in [7, 11) is 0. The lowest BCUT2D eigenvalue weighted by atomic mass is 9.87. The smallest absolute Gasteiger partial charge is 0.159 e. The normalized spacial score (nSPS) is 24.6. The third-order valence-corrected chi connectivity index (χ3v) is 3.59. The van der Waals surface area contributed by atoms with Gasteiger partial charge in [0.05, 0.1) is 6.61 Å². The van der Waals surface area contributed by atoms with Crippen LogP contribution in [0.3, 0.4) is 0 Å². The Morgan fingerprint density at radius 3 is 2.65 bits per heavy atom. The summed E-state index contributed by atoms with van der Waals surface area (Å²) >= 11 is 5.89. The molecule has 3 rings (SSSR count). The van der Waals surface area contributed by atoms with E-state index in [1.807, 2.05) is 24.3 Å². The number of hydrogen-bond donors (Lipinski definition) is 1.